The van der Waals surface area contributed by atoms with Crippen LogP contribution in [-0.4, -0.2) is 34.3 Å². The van der Waals surface area contributed by atoms with Crippen LogP contribution in [0.3, 0.4) is 0 Å². The van der Waals surface area contributed by atoms with Crippen molar-refractivity contribution in [2.24, 2.45) is 0 Å². The number of likely N-dealkylation sites (N-methyl/N-ethyl adjacent to an activating group) is 1. The monoisotopic (exact) mass is 509 g/mol. The highest BCUT2D eigenvalue weighted by Crippen LogP contribution is 2.37. The molecule has 7 nitrogen and oxygen atoms in total. The van der Waals surface area contributed by atoms with E-state index in [0.717, 1.165) is 30.8 Å². The molecule has 2 N–H and O–H groups in total. The van der Waals surface area contributed by atoms with E-state index in [2.05, 4.69) is 15.5 Å². The Morgan fingerprint density at radius 1 is 1.06 bits per heavy atom. The summed E-state index contributed by atoms with van der Waals surface area (Å²) in [6, 6.07) is 13.9. The third-order valence-corrected chi connectivity index (χ3v) is 6.44. The lowest BCUT2D eigenvalue weighted by Crippen LogP contribution is -2.21. The Kier molecular flexibility index (Phi) is 6.70. The number of allylic oxidation sites excluding steroid dienone is 1. The summed E-state index contributed by atoms with van der Waals surface area (Å²) in [6.07, 6.45) is 9.26. The lowest BCUT2D eigenvalue weighted by atomic mass is 9.83. The molecule has 1 fully saturated rings. The van der Waals surface area contributed by atoms with Crippen LogP contribution in [0.25, 0.3) is 5.69 Å². The largest absolute Gasteiger partial charge is 0.458 e. The van der Waals surface area contributed by atoms with Crippen LogP contribution in [0.4, 0.5) is 16.3 Å². The van der Waals surface area contributed by atoms with Gasteiger partial charge in [0.2, 0.25) is 0 Å². The molecule has 2 heterocycles. The lowest BCUT2D eigenvalue weighted by Gasteiger charge is -2.22. The molecule has 0 spiro atoms. The predicted molar refractivity (Wildman–Crippen MR) is 140 cm³/mol. The van der Waals surface area contributed by atoms with Gasteiger partial charge >= 0.3 is 6.03 Å². The van der Waals surface area contributed by atoms with E-state index < -0.39 is 0 Å². The number of hydrogen-bond acceptors (Lipinski definition) is 4. The minimum Gasteiger partial charge on any atom is -0.458 e. The number of carbonyl (C=O) groups excluding carboxylic acids is 1. The highest BCUT2D eigenvalue weighted by Gasteiger charge is 2.24. The smallest absolute Gasteiger partial charge is 0.324 e. The second-order valence-electron chi connectivity index (χ2n) is 8.69. The number of nitrogens with zero attached hydrogens (tertiary/aromatic N) is 3. The van der Waals surface area contributed by atoms with Crippen molar-refractivity contribution in [1.29, 1.82) is 0 Å². The normalized spacial score (nSPS) is 15.4. The molecule has 1 aliphatic carbocycles. The molecule has 3 aromatic rings. The summed E-state index contributed by atoms with van der Waals surface area (Å²) in [5, 5.41) is 11.5. The summed E-state index contributed by atoms with van der Waals surface area (Å²) in [4.78, 5) is 14.9. The summed E-state index contributed by atoms with van der Waals surface area (Å²) in [7, 11) is 2.00. The topological polar surface area (TPSA) is 71.4 Å². The molecule has 0 unspecified atom stereocenters. The van der Waals surface area contributed by atoms with Crippen LogP contribution in [-0.2, 0) is 0 Å². The minimum absolute atomic E-state index is 0.380. The predicted octanol–water partition coefficient (Wildman–Crippen LogP) is 6.81. The zero-order valence-electron chi connectivity index (χ0n) is 19.2. The van der Waals surface area contributed by atoms with Crippen molar-refractivity contribution >= 4 is 40.7 Å². The van der Waals surface area contributed by atoms with Gasteiger partial charge in [-0.1, -0.05) is 29.6 Å². The van der Waals surface area contributed by atoms with Crippen LogP contribution >= 0.6 is 23.2 Å². The molecule has 2 amide bonds. The van der Waals surface area contributed by atoms with Crippen LogP contribution in [0.1, 0.15) is 30.9 Å². The first kappa shape index (κ1) is 23.3. The number of halogens is 2. The Labute approximate surface area is 214 Å². The van der Waals surface area contributed by atoms with Gasteiger partial charge in [-0.05, 0) is 67.5 Å². The van der Waals surface area contributed by atoms with E-state index in [-0.39, 0.29) is 6.03 Å². The number of amides is 2. The number of rotatable bonds is 6. The molecule has 2 aromatic carbocycles. The molecule has 0 radical (unpaired) electrons. The van der Waals surface area contributed by atoms with Crippen LogP contribution in [0.15, 0.2) is 72.6 Å². The summed E-state index contributed by atoms with van der Waals surface area (Å²) in [5.41, 5.74) is 2.27. The molecule has 9 heteroatoms. The molecule has 0 saturated heterocycles. The quantitative estimate of drug-likeness (QED) is 0.382. The van der Waals surface area contributed by atoms with Crippen LogP contribution in [0, 0.1) is 0 Å². The fourth-order valence-corrected chi connectivity index (χ4v) is 4.43. The summed E-state index contributed by atoms with van der Waals surface area (Å²) >= 11 is 12.4. The van der Waals surface area contributed by atoms with Gasteiger partial charge in [-0.15, -0.1) is 0 Å². The molecule has 1 saturated carbocycles. The number of nitrogens with one attached hydrogen (secondary N) is 2. The van der Waals surface area contributed by atoms with Gasteiger partial charge in [0.25, 0.3) is 0 Å². The molecular formula is C26H25Cl2N5O2. The van der Waals surface area contributed by atoms with E-state index in [0.29, 0.717) is 38.9 Å². The lowest BCUT2D eigenvalue weighted by molar-refractivity contribution is 0.262. The zero-order chi connectivity index (χ0) is 24.4. The molecule has 5 rings (SSSR count). The summed E-state index contributed by atoms with van der Waals surface area (Å²) in [5.74, 6) is 2.43. The van der Waals surface area contributed by atoms with Gasteiger partial charge in [-0.2, -0.15) is 5.10 Å². The minimum atomic E-state index is -0.380. The van der Waals surface area contributed by atoms with Gasteiger partial charge in [-0.3, -0.25) is 5.32 Å². The first-order valence-corrected chi connectivity index (χ1v) is 12.2. The zero-order valence-corrected chi connectivity index (χ0v) is 20.7. The van der Waals surface area contributed by atoms with Crippen LogP contribution in [0.2, 0.25) is 10.0 Å². The number of aromatic nitrogens is 2. The highest BCUT2D eigenvalue weighted by atomic mass is 35.5. The first-order chi connectivity index (χ1) is 16.9. The number of urea groups is 1. The maximum absolute atomic E-state index is 12.8. The number of hydrogen-bond donors (Lipinski definition) is 2. The van der Waals surface area contributed by atoms with E-state index in [9.17, 15) is 4.79 Å². The molecule has 0 bridgehead atoms. The van der Waals surface area contributed by atoms with Crippen LogP contribution in [0.5, 0.6) is 5.75 Å². The van der Waals surface area contributed by atoms with E-state index in [4.69, 9.17) is 33.0 Å². The Bertz CT molecular complexity index is 1280. The second kappa shape index (κ2) is 10.1. The van der Waals surface area contributed by atoms with E-state index in [1.54, 1.807) is 35.0 Å². The molecular weight excluding hydrogens is 485 g/mol. The van der Waals surface area contributed by atoms with E-state index >= 15 is 0 Å². The Hall–Kier alpha value is -3.42. The maximum atomic E-state index is 12.8. The second-order valence-corrected chi connectivity index (χ2v) is 9.56. The average molecular weight is 510 g/mol. The molecule has 35 heavy (non-hydrogen) atoms. The van der Waals surface area contributed by atoms with Gasteiger partial charge < -0.3 is 15.0 Å². The van der Waals surface area contributed by atoms with E-state index in [1.807, 2.05) is 43.6 Å². The SMILES string of the molecule is CN1C=CC(Oc2ccc(NC(=O)Nc3cc(C4CCC4)nn3-c3cc(Cl)cc(Cl)c3)cc2)=CC1. The molecule has 1 aliphatic heterocycles. The van der Waals surface area contributed by atoms with Gasteiger partial charge in [0.1, 0.15) is 17.3 Å². The summed E-state index contributed by atoms with van der Waals surface area (Å²) < 4.78 is 7.54. The van der Waals surface area contributed by atoms with Crippen molar-refractivity contribution in [2.45, 2.75) is 25.2 Å². The van der Waals surface area contributed by atoms with Gasteiger partial charge in [0.15, 0.2) is 0 Å². The number of anilines is 2. The fourth-order valence-electron chi connectivity index (χ4n) is 3.91. The Balaban J connectivity index is 1.28. The van der Waals surface area contributed by atoms with Gasteiger partial charge in [-0.25, -0.2) is 9.48 Å². The third-order valence-electron chi connectivity index (χ3n) is 6.01. The van der Waals surface area contributed by atoms with Crippen molar-refractivity contribution < 1.29 is 9.53 Å². The van der Waals surface area contributed by atoms with Crippen molar-refractivity contribution in [3.63, 3.8) is 0 Å². The Morgan fingerprint density at radius 3 is 2.43 bits per heavy atom. The molecule has 1 aromatic heterocycles. The van der Waals surface area contributed by atoms with Gasteiger partial charge in [0.05, 0.1) is 11.4 Å². The number of carbonyl (C=O) groups is 1. The molecule has 0 atom stereocenters. The van der Waals surface area contributed by atoms with Gasteiger partial charge in [0, 0.05) is 47.5 Å². The highest BCUT2D eigenvalue weighted by molar-refractivity contribution is 6.34. The van der Waals surface area contributed by atoms with Crippen molar-refractivity contribution in [1.82, 2.24) is 14.7 Å². The van der Waals surface area contributed by atoms with Crippen molar-refractivity contribution in [3.05, 3.63) is 88.4 Å². The molecule has 2 aliphatic rings. The van der Waals surface area contributed by atoms with Crippen molar-refractivity contribution in [2.75, 3.05) is 24.2 Å². The Morgan fingerprint density at radius 2 is 1.80 bits per heavy atom. The number of ether oxygens (including phenoxy) is 1. The third kappa shape index (κ3) is 5.63. The average Bonchev–Trinajstić information content (AvgIpc) is 3.17. The van der Waals surface area contributed by atoms with E-state index in [1.165, 1.54) is 6.42 Å². The fraction of sp³-hybridized carbons (Fsp3) is 0.231. The first-order valence-electron chi connectivity index (χ1n) is 11.4. The van der Waals surface area contributed by atoms with Crippen molar-refractivity contribution in [3.8, 4) is 11.4 Å². The molecule has 180 valence electrons. The van der Waals surface area contributed by atoms with Crippen LogP contribution < -0.4 is 15.4 Å². The maximum Gasteiger partial charge on any atom is 0.324 e. The standard InChI is InChI=1S/C26H25Cl2N5O2/c1-32-11-9-23(10-12-32)35-22-7-5-20(6-8-22)29-26(34)30-25-16-24(17-3-2-4-17)31-33(25)21-14-18(27)13-19(28)15-21/h5-11,13-17H,2-4,12H2,1H3,(H2,29,30,34). The summed E-state index contributed by atoms with van der Waals surface area (Å²) in [6.45, 7) is 0.798. The number of benzene rings is 2.